The molecule has 1 aromatic carbocycles. The molecule has 3 heterocycles. The second-order valence-electron chi connectivity index (χ2n) is 7.70. The Morgan fingerprint density at radius 2 is 1.73 bits per heavy atom. The maximum Gasteiger partial charge on any atom is 0.287 e. The van der Waals surface area contributed by atoms with Crippen molar-refractivity contribution in [3.05, 3.63) is 100 Å². The zero-order valence-electron chi connectivity index (χ0n) is 19.5. The molecular weight excluding hydrogens is 474 g/mol. The van der Waals surface area contributed by atoms with Crippen LogP contribution in [0.15, 0.2) is 73.3 Å². The second-order valence-corrected chi connectivity index (χ2v) is 7.70. The van der Waals surface area contributed by atoms with Crippen molar-refractivity contribution in [1.82, 2.24) is 25.3 Å². The highest BCUT2D eigenvalue weighted by atomic mass is 16.6. The standard InChI is InChI=1S/C25H21N9O3/c26-13-17-1-3-19(4-2-17)23-21(24(35)31-14-18-7-9-27-10-8-18)16-32-25(33-23)29-12-11-28-22-6-5-20(15-30-22)34(36)37/h1-10,15-16H,11-12,14H2,(H,28,30)(H,31,35)(H,29,32,33). The van der Waals surface area contributed by atoms with Crippen LogP contribution in [-0.2, 0) is 6.54 Å². The monoisotopic (exact) mass is 495 g/mol. The summed E-state index contributed by atoms with van der Waals surface area (Å²) in [6, 6.07) is 15.4. The van der Waals surface area contributed by atoms with Crippen molar-refractivity contribution < 1.29 is 9.72 Å². The van der Waals surface area contributed by atoms with Crippen LogP contribution in [0.3, 0.4) is 0 Å². The molecule has 1 amide bonds. The first-order valence-corrected chi connectivity index (χ1v) is 11.2. The lowest BCUT2D eigenvalue weighted by Gasteiger charge is -2.12. The van der Waals surface area contributed by atoms with Crippen LogP contribution in [0.5, 0.6) is 0 Å². The third-order valence-corrected chi connectivity index (χ3v) is 5.20. The molecule has 0 aliphatic rings. The smallest absolute Gasteiger partial charge is 0.287 e. The van der Waals surface area contributed by atoms with E-state index in [0.29, 0.717) is 48.2 Å². The lowest BCUT2D eigenvalue weighted by Crippen LogP contribution is -2.24. The molecule has 0 spiro atoms. The largest absolute Gasteiger partial charge is 0.368 e. The van der Waals surface area contributed by atoms with Gasteiger partial charge in [-0.2, -0.15) is 5.26 Å². The Labute approximate surface area is 211 Å². The lowest BCUT2D eigenvalue weighted by atomic mass is 10.0. The van der Waals surface area contributed by atoms with E-state index >= 15 is 0 Å². The zero-order chi connectivity index (χ0) is 26.0. The van der Waals surface area contributed by atoms with Gasteiger partial charge < -0.3 is 16.0 Å². The first kappa shape index (κ1) is 24.7. The van der Waals surface area contributed by atoms with Gasteiger partial charge in [-0.05, 0) is 35.9 Å². The number of aromatic nitrogens is 4. The molecule has 3 N–H and O–H groups in total. The van der Waals surface area contributed by atoms with E-state index in [4.69, 9.17) is 5.26 Å². The quantitative estimate of drug-likeness (QED) is 0.168. The molecule has 37 heavy (non-hydrogen) atoms. The summed E-state index contributed by atoms with van der Waals surface area (Å²) in [4.78, 5) is 40.0. The fraction of sp³-hybridized carbons (Fsp3) is 0.120. The van der Waals surface area contributed by atoms with Crippen LogP contribution < -0.4 is 16.0 Å². The van der Waals surface area contributed by atoms with Gasteiger partial charge in [0.1, 0.15) is 12.0 Å². The molecule has 0 atom stereocenters. The summed E-state index contributed by atoms with van der Waals surface area (Å²) < 4.78 is 0. The Morgan fingerprint density at radius 1 is 0.973 bits per heavy atom. The maximum absolute atomic E-state index is 13.0. The molecule has 0 fully saturated rings. The van der Waals surface area contributed by atoms with Gasteiger partial charge in [0.15, 0.2) is 0 Å². The average Bonchev–Trinajstić information content (AvgIpc) is 2.95. The van der Waals surface area contributed by atoms with E-state index in [2.05, 4.69) is 42.0 Å². The average molecular weight is 496 g/mol. The minimum Gasteiger partial charge on any atom is -0.368 e. The van der Waals surface area contributed by atoms with Gasteiger partial charge in [0.2, 0.25) is 5.95 Å². The van der Waals surface area contributed by atoms with Crippen LogP contribution in [0.2, 0.25) is 0 Å². The molecule has 0 unspecified atom stereocenters. The number of anilines is 2. The molecule has 0 aliphatic heterocycles. The number of carbonyl (C=O) groups excluding carboxylic acids is 1. The molecule has 0 aliphatic carbocycles. The summed E-state index contributed by atoms with van der Waals surface area (Å²) >= 11 is 0. The highest BCUT2D eigenvalue weighted by Gasteiger charge is 2.16. The van der Waals surface area contributed by atoms with E-state index in [1.807, 2.05) is 12.1 Å². The number of nitrogens with one attached hydrogen (secondary N) is 3. The Balaban J connectivity index is 1.46. The summed E-state index contributed by atoms with van der Waals surface area (Å²) in [5, 5.41) is 28.9. The van der Waals surface area contributed by atoms with Gasteiger partial charge in [-0.25, -0.2) is 15.0 Å². The number of nitrogens with zero attached hydrogens (tertiary/aromatic N) is 6. The predicted molar refractivity (Wildman–Crippen MR) is 135 cm³/mol. The van der Waals surface area contributed by atoms with Crippen molar-refractivity contribution in [3.63, 3.8) is 0 Å². The minimum atomic E-state index is -0.510. The molecule has 12 heteroatoms. The predicted octanol–water partition coefficient (Wildman–Crippen LogP) is 3.17. The molecule has 0 bridgehead atoms. The van der Waals surface area contributed by atoms with Gasteiger partial charge in [-0.15, -0.1) is 0 Å². The number of benzene rings is 1. The number of hydrogen-bond acceptors (Lipinski definition) is 10. The maximum atomic E-state index is 13.0. The van der Waals surface area contributed by atoms with Crippen molar-refractivity contribution in [2.24, 2.45) is 0 Å². The molecule has 3 aromatic heterocycles. The summed E-state index contributed by atoms with van der Waals surface area (Å²) in [5.74, 6) is 0.463. The molecule has 0 saturated heterocycles. The molecular formula is C25H21N9O3. The summed E-state index contributed by atoms with van der Waals surface area (Å²) in [7, 11) is 0. The van der Waals surface area contributed by atoms with E-state index in [1.54, 1.807) is 36.7 Å². The number of amides is 1. The fourth-order valence-electron chi connectivity index (χ4n) is 3.30. The summed E-state index contributed by atoms with van der Waals surface area (Å²) in [5.41, 5.74) is 2.67. The topological polar surface area (TPSA) is 172 Å². The molecule has 0 radical (unpaired) electrons. The van der Waals surface area contributed by atoms with E-state index in [-0.39, 0.29) is 17.2 Å². The third-order valence-electron chi connectivity index (χ3n) is 5.20. The van der Waals surface area contributed by atoms with Gasteiger partial charge in [-0.1, -0.05) is 12.1 Å². The first-order chi connectivity index (χ1) is 18.0. The van der Waals surface area contributed by atoms with Crippen molar-refractivity contribution in [3.8, 4) is 17.3 Å². The number of nitriles is 1. The molecule has 12 nitrogen and oxygen atoms in total. The van der Waals surface area contributed by atoms with Crippen molar-refractivity contribution >= 4 is 23.4 Å². The highest BCUT2D eigenvalue weighted by molar-refractivity contribution is 5.99. The van der Waals surface area contributed by atoms with Crippen molar-refractivity contribution in [2.45, 2.75) is 6.54 Å². The summed E-state index contributed by atoms with van der Waals surface area (Å²) in [6.45, 7) is 1.17. The second kappa shape index (κ2) is 11.8. The number of carbonyl (C=O) groups is 1. The van der Waals surface area contributed by atoms with Crippen LogP contribution in [0.1, 0.15) is 21.5 Å². The minimum absolute atomic E-state index is 0.0858. The molecule has 4 rings (SSSR count). The van der Waals surface area contributed by atoms with E-state index in [1.165, 1.54) is 24.5 Å². The number of rotatable bonds is 10. The van der Waals surface area contributed by atoms with Gasteiger partial charge in [0.05, 0.1) is 27.8 Å². The van der Waals surface area contributed by atoms with E-state index in [0.717, 1.165) is 5.56 Å². The molecule has 4 aromatic rings. The highest BCUT2D eigenvalue weighted by Crippen LogP contribution is 2.23. The van der Waals surface area contributed by atoms with Gasteiger partial charge in [0.25, 0.3) is 11.6 Å². The van der Waals surface area contributed by atoms with Crippen LogP contribution in [-0.4, -0.2) is 43.9 Å². The zero-order valence-corrected chi connectivity index (χ0v) is 19.5. The van der Waals surface area contributed by atoms with Gasteiger partial charge >= 0.3 is 0 Å². The first-order valence-electron chi connectivity index (χ1n) is 11.2. The SMILES string of the molecule is N#Cc1ccc(-c2nc(NCCNc3ccc([N+](=O)[O-])cn3)ncc2C(=O)NCc2ccncc2)cc1. The van der Waals surface area contributed by atoms with Crippen LogP contribution in [0, 0.1) is 21.4 Å². The number of hydrogen-bond donors (Lipinski definition) is 3. The normalized spacial score (nSPS) is 10.2. The Morgan fingerprint density at radius 3 is 2.41 bits per heavy atom. The fourth-order valence-corrected chi connectivity index (χ4v) is 3.30. The number of nitro groups is 1. The van der Waals surface area contributed by atoms with Gasteiger partial charge in [0, 0.05) is 49.9 Å². The molecule has 184 valence electrons. The Kier molecular flexibility index (Phi) is 7.87. The molecule has 0 saturated carbocycles. The van der Waals surface area contributed by atoms with Crippen LogP contribution >= 0.6 is 0 Å². The number of pyridine rings is 2. The van der Waals surface area contributed by atoms with Crippen molar-refractivity contribution in [2.75, 3.05) is 23.7 Å². The lowest BCUT2D eigenvalue weighted by molar-refractivity contribution is -0.385. The third kappa shape index (κ3) is 6.58. The Bertz CT molecular complexity index is 1420. The van der Waals surface area contributed by atoms with Gasteiger partial charge in [-0.3, -0.25) is 19.9 Å². The van der Waals surface area contributed by atoms with E-state index in [9.17, 15) is 14.9 Å². The van der Waals surface area contributed by atoms with Crippen LogP contribution in [0.25, 0.3) is 11.3 Å². The summed E-state index contributed by atoms with van der Waals surface area (Å²) in [6.07, 6.45) is 5.94. The van der Waals surface area contributed by atoms with Crippen molar-refractivity contribution in [1.29, 1.82) is 5.26 Å². The van der Waals surface area contributed by atoms with Crippen LogP contribution in [0.4, 0.5) is 17.5 Å². The Hall–Kier alpha value is -5.44. The van der Waals surface area contributed by atoms with E-state index < -0.39 is 4.92 Å².